The average Bonchev–Trinajstić information content (AvgIpc) is 3.28. The number of amides is 1. The molecule has 1 heterocycles. The van der Waals surface area contributed by atoms with Crippen molar-refractivity contribution >= 4 is 11.9 Å². The van der Waals surface area contributed by atoms with Crippen molar-refractivity contribution in [1.29, 1.82) is 0 Å². The highest BCUT2D eigenvalue weighted by atomic mass is 16.5. The van der Waals surface area contributed by atoms with E-state index in [1.54, 1.807) is 11.8 Å². The number of methoxy groups -OCH3 is 1. The van der Waals surface area contributed by atoms with Gasteiger partial charge >= 0.3 is 5.97 Å². The quantitative estimate of drug-likeness (QED) is 0.848. The molecule has 2 rings (SSSR count). The Balaban J connectivity index is 2.32. The lowest BCUT2D eigenvalue weighted by Crippen LogP contribution is -2.37. The molecule has 5 heteroatoms. The maximum absolute atomic E-state index is 12.7. The second kappa shape index (κ2) is 5.92. The molecule has 1 atom stereocenters. The molecule has 1 amide bonds. The van der Waals surface area contributed by atoms with Gasteiger partial charge in [0, 0.05) is 18.8 Å². The molecule has 116 valence electrons. The fourth-order valence-electron chi connectivity index (χ4n) is 2.77. The summed E-state index contributed by atoms with van der Waals surface area (Å²) in [6, 6.07) is 0.229. The lowest BCUT2D eigenvalue weighted by atomic mass is 10.1. The first-order valence-corrected chi connectivity index (χ1v) is 7.49. The van der Waals surface area contributed by atoms with Crippen LogP contribution in [-0.4, -0.2) is 42.0 Å². The summed E-state index contributed by atoms with van der Waals surface area (Å²) in [5, 5.41) is 0. The molecule has 1 aliphatic rings. The Morgan fingerprint density at radius 2 is 2.05 bits per heavy atom. The molecule has 0 radical (unpaired) electrons. The van der Waals surface area contributed by atoms with Crippen LogP contribution in [0, 0.1) is 12.8 Å². The van der Waals surface area contributed by atoms with Crippen LogP contribution in [0.1, 0.15) is 58.8 Å². The van der Waals surface area contributed by atoms with Crippen molar-refractivity contribution < 1.29 is 14.3 Å². The molecule has 1 unspecified atom stereocenters. The topological polar surface area (TPSA) is 62.4 Å². The number of hydrogen-bond acceptors (Lipinski definition) is 3. The summed E-state index contributed by atoms with van der Waals surface area (Å²) >= 11 is 0. The summed E-state index contributed by atoms with van der Waals surface area (Å²) in [5.41, 5.74) is 2.44. The number of aromatic amines is 1. The number of aromatic nitrogens is 1. The van der Waals surface area contributed by atoms with Gasteiger partial charge in [-0.25, -0.2) is 4.79 Å². The van der Waals surface area contributed by atoms with E-state index in [9.17, 15) is 9.59 Å². The molecule has 0 bridgehead atoms. The molecule has 1 aromatic rings. The summed E-state index contributed by atoms with van der Waals surface area (Å²) in [6.07, 6.45) is 3.03. The highest BCUT2D eigenvalue weighted by Gasteiger charge is 2.34. The van der Waals surface area contributed by atoms with E-state index in [1.807, 2.05) is 14.0 Å². The van der Waals surface area contributed by atoms with E-state index < -0.39 is 5.97 Å². The molecule has 1 N–H and O–H groups in total. The Morgan fingerprint density at radius 3 is 2.52 bits per heavy atom. The summed E-state index contributed by atoms with van der Waals surface area (Å²) in [7, 11) is 3.19. The third-order valence-corrected chi connectivity index (χ3v) is 4.52. The van der Waals surface area contributed by atoms with Gasteiger partial charge in [-0.2, -0.15) is 0 Å². The van der Waals surface area contributed by atoms with Crippen molar-refractivity contribution in [1.82, 2.24) is 9.88 Å². The van der Waals surface area contributed by atoms with Gasteiger partial charge in [-0.3, -0.25) is 4.79 Å². The maximum Gasteiger partial charge on any atom is 0.339 e. The van der Waals surface area contributed by atoms with E-state index in [0.29, 0.717) is 29.2 Å². The van der Waals surface area contributed by atoms with Gasteiger partial charge in [-0.15, -0.1) is 0 Å². The Morgan fingerprint density at radius 1 is 1.43 bits per heavy atom. The number of aryl methyl sites for hydroxylation is 1. The number of nitrogens with one attached hydrogen (secondary N) is 1. The molecule has 1 aliphatic carbocycles. The lowest BCUT2D eigenvalue weighted by Gasteiger charge is -2.24. The van der Waals surface area contributed by atoms with Gasteiger partial charge in [0.25, 0.3) is 5.91 Å². The number of esters is 1. The van der Waals surface area contributed by atoms with Crippen LogP contribution in [0.3, 0.4) is 0 Å². The summed E-state index contributed by atoms with van der Waals surface area (Å²) < 4.78 is 4.82. The van der Waals surface area contributed by atoms with Crippen LogP contribution in [0.15, 0.2) is 0 Å². The largest absolute Gasteiger partial charge is 0.465 e. The molecule has 0 aliphatic heterocycles. The minimum Gasteiger partial charge on any atom is -0.465 e. The molecule has 0 saturated heterocycles. The second-order valence-electron chi connectivity index (χ2n) is 5.82. The normalized spacial score (nSPS) is 15.7. The highest BCUT2D eigenvalue weighted by Crippen LogP contribution is 2.35. The van der Waals surface area contributed by atoms with Crippen molar-refractivity contribution in [2.24, 2.45) is 5.92 Å². The van der Waals surface area contributed by atoms with Gasteiger partial charge in [-0.05, 0) is 44.6 Å². The number of hydrogen-bond donors (Lipinski definition) is 1. The molecule has 0 aromatic carbocycles. The number of ether oxygens (including phenoxy) is 1. The standard InChI is InChI=1S/C16H24N2O3/c1-6-12-13(16(20)21-5)9(2)14(17-12)15(19)18(4)10(3)11-7-8-11/h10-11,17H,6-8H2,1-5H3. The van der Waals surface area contributed by atoms with Crippen molar-refractivity contribution in [2.45, 2.75) is 46.1 Å². The van der Waals surface area contributed by atoms with Crippen LogP contribution in [0.2, 0.25) is 0 Å². The number of nitrogens with zero attached hydrogens (tertiary/aromatic N) is 1. The Bertz CT molecular complexity index is 558. The summed E-state index contributed by atoms with van der Waals surface area (Å²) in [4.78, 5) is 29.5. The third kappa shape index (κ3) is 2.82. The van der Waals surface area contributed by atoms with Crippen LogP contribution in [-0.2, 0) is 11.2 Å². The first-order chi connectivity index (χ1) is 9.92. The zero-order valence-electron chi connectivity index (χ0n) is 13.4. The van der Waals surface area contributed by atoms with Crippen LogP contribution >= 0.6 is 0 Å². The van der Waals surface area contributed by atoms with Crippen LogP contribution in [0.4, 0.5) is 0 Å². The zero-order valence-corrected chi connectivity index (χ0v) is 13.4. The fraction of sp³-hybridized carbons (Fsp3) is 0.625. The Hall–Kier alpha value is -1.78. The van der Waals surface area contributed by atoms with Crippen LogP contribution < -0.4 is 0 Å². The SMILES string of the molecule is CCc1[nH]c(C(=O)N(C)C(C)C2CC2)c(C)c1C(=O)OC. The van der Waals surface area contributed by atoms with Gasteiger partial charge in [0.2, 0.25) is 0 Å². The first-order valence-electron chi connectivity index (χ1n) is 7.49. The fourth-order valence-corrected chi connectivity index (χ4v) is 2.77. The van der Waals surface area contributed by atoms with Crippen LogP contribution in [0.5, 0.6) is 0 Å². The van der Waals surface area contributed by atoms with Crippen molar-refractivity contribution in [3.63, 3.8) is 0 Å². The van der Waals surface area contributed by atoms with Gasteiger partial charge < -0.3 is 14.6 Å². The van der Waals surface area contributed by atoms with Gasteiger partial charge in [0.05, 0.1) is 12.7 Å². The minimum atomic E-state index is -0.391. The number of H-pyrrole nitrogens is 1. The van der Waals surface area contributed by atoms with Crippen molar-refractivity contribution in [2.75, 3.05) is 14.2 Å². The van der Waals surface area contributed by atoms with E-state index in [-0.39, 0.29) is 11.9 Å². The summed E-state index contributed by atoms with van der Waals surface area (Å²) in [6.45, 7) is 5.82. The highest BCUT2D eigenvalue weighted by molar-refractivity contribution is 6.00. The molecule has 1 saturated carbocycles. The number of carbonyl (C=O) groups excluding carboxylic acids is 2. The zero-order chi connectivity index (χ0) is 15.7. The Labute approximate surface area is 125 Å². The molecule has 1 aromatic heterocycles. The van der Waals surface area contributed by atoms with E-state index in [1.165, 1.54) is 20.0 Å². The minimum absolute atomic E-state index is 0.0586. The monoisotopic (exact) mass is 292 g/mol. The number of carbonyl (C=O) groups is 2. The second-order valence-corrected chi connectivity index (χ2v) is 5.82. The van der Waals surface area contributed by atoms with E-state index in [0.717, 1.165) is 5.69 Å². The lowest BCUT2D eigenvalue weighted by molar-refractivity contribution is 0.0599. The molecular weight excluding hydrogens is 268 g/mol. The molecule has 0 spiro atoms. The Kier molecular flexibility index (Phi) is 4.40. The molecule has 5 nitrogen and oxygen atoms in total. The van der Waals surface area contributed by atoms with Crippen molar-refractivity contribution in [3.8, 4) is 0 Å². The summed E-state index contributed by atoms with van der Waals surface area (Å²) in [5.74, 6) is 0.161. The molecule has 21 heavy (non-hydrogen) atoms. The van der Waals surface area contributed by atoms with Crippen molar-refractivity contribution in [3.05, 3.63) is 22.5 Å². The van der Waals surface area contributed by atoms with E-state index >= 15 is 0 Å². The maximum atomic E-state index is 12.7. The van der Waals surface area contributed by atoms with E-state index in [4.69, 9.17) is 4.74 Å². The average molecular weight is 292 g/mol. The smallest absolute Gasteiger partial charge is 0.339 e. The molecule has 1 fully saturated rings. The molecular formula is C16H24N2O3. The number of rotatable bonds is 5. The predicted molar refractivity (Wildman–Crippen MR) is 80.5 cm³/mol. The van der Waals surface area contributed by atoms with Gasteiger partial charge in [0.15, 0.2) is 0 Å². The van der Waals surface area contributed by atoms with Gasteiger partial charge in [-0.1, -0.05) is 6.92 Å². The van der Waals surface area contributed by atoms with Crippen LogP contribution in [0.25, 0.3) is 0 Å². The van der Waals surface area contributed by atoms with Gasteiger partial charge in [0.1, 0.15) is 5.69 Å². The predicted octanol–water partition coefficient (Wildman–Crippen LogP) is 2.54. The van der Waals surface area contributed by atoms with E-state index in [2.05, 4.69) is 11.9 Å². The first kappa shape index (κ1) is 15.6. The third-order valence-electron chi connectivity index (χ3n) is 4.52.